The van der Waals surface area contributed by atoms with Crippen LogP contribution < -0.4 is 5.32 Å². The smallest absolute Gasteiger partial charge is 0.373 e. The van der Waals surface area contributed by atoms with E-state index in [0.29, 0.717) is 12.3 Å². The van der Waals surface area contributed by atoms with Crippen LogP contribution in [0.4, 0.5) is 0 Å². The lowest BCUT2D eigenvalue weighted by Crippen LogP contribution is -2.17. The molecule has 0 spiro atoms. The van der Waals surface area contributed by atoms with Crippen LogP contribution in [-0.2, 0) is 24.8 Å². The molecule has 0 fully saturated rings. The van der Waals surface area contributed by atoms with Crippen molar-refractivity contribution >= 4 is 5.97 Å². The van der Waals surface area contributed by atoms with E-state index in [1.54, 1.807) is 18.3 Å². The molecule has 2 aromatic rings. The Morgan fingerprint density at radius 1 is 1.53 bits per heavy atom. The number of aromatic nitrogens is 2. The number of carbonyl (C=O) groups excluding carboxylic acids is 1. The van der Waals surface area contributed by atoms with Gasteiger partial charge in [0.15, 0.2) is 0 Å². The molecule has 19 heavy (non-hydrogen) atoms. The lowest BCUT2D eigenvalue weighted by Gasteiger charge is -2.03. The maximum absolute atomic E-state index is 11.2. The van der Waals surface area contributed by atoms with E-state index in [1.807, 2.05) is 17.8 Å². The Balaban J connectivity index is 1.75. The van der Waals surface area contributed by atoms with Crippen LogP contribution in [0.25, 0.3) is 0 Å². The fourth-order valence-electron chi connectivity index (χ4n) is 1.73. The van der Waals surface area contributed by atoms with E-state index in [4.69, 9.17) is 4.42 Å². The molecule has 6 heteroatoms. The van der Waals surface area contributed by atoms with E-state index in [0.717, 1.165) is 18.8 Å². The third-order valence-corrected chi connectivity index (χ3v) is 2.79. The van der Waals surface area contributed by atoms with E-state index < -0.39 is 5.97 Å². The highest BCUT2D eigenvalue weighted by atomic mass is 16.5. The van der Waals surface area contributed by atoms with Gasteiger partial charge < -0.3 is 19.0 Å². The predicted molar refractivity (Wildman–Crippen MR) is 68.7 cm³/mol. The maximum Gasteiger partial charge on any atom is 0.373 e. The van der Waals surface area contributed by atoms with Crippen LogP contribution in [0.15, 0.2) is 28.9 Å². The predicted octanol–water partition coefficient (Wildman–Crippen LogP) is 1.13. The summed E-state index contributed by atoms with van der Waals surface area (Å²) >= 11 is 0. The molecular weight excluding hydrogens is 246 g/mol. The zero-order chi connectivity index (χ0) is 13.7. The third kappa shape index (κ3) is 3.45. The number of esters is 1. The third-order valence-electron chi connectivity index (χ3n) is 2.79. The van der Waals surface area contributed by atoms with Gasteiger partial charge >= 0.3 is 5.97 Å². The summed E-state index contributed by atoms with van der Waals surface area (Å²) in [5.74, 6) is 1.50. The molecule has 0 aromatic carbocycles. The Morgan fingerprint density at radius 2 is 2.37 bits per heavy atom. The first-order chi connectivity index (χ1) is 9.20. The Labute approximate surface area is 111 Å². The summed E-state index contributed by atoms with van der Waals surface area (Å²) in [6, 6.07) is 3.38. The Hall–Kier alpha value is -2.08. The van der Waals surface area contributed by atoms with Gasteiger partial charge in [0, 0.05) is 32.4 Å². The first-order valence-electron chi connectivity index (χ1n) is 6.04. The second-order valence-electron chi connectivity index (χ2n) is 4.14. The van der Waals surface area contributed by atoms with Crippen molar-refractivity contribution in [3.8, 4) is 0 Å². The van der Waals surface area contributed by atoms with Crippen molar-refractivity contribution in [2.24, 2.45) is 7.05 Å². The van der Waals surface area contributed by atoms with Crippen LogP contribution in [0.3, 0.4) is 0 Å². The normalized spacial score (nSPS) is 10.6. The largest absolute Gasteiger partial charge is 0.463 e. The Kier molecular flexibility index (Phi) is 4.35. The molecule has 0 aliphatic rings. The summed E-state index contributed by atoms with van der Waals surface area (Å²) in [5, 5.41) is 3.24. The highest BCUT2D eigenvalue weighted by molar-refractivity contribution is 5.86. The second-order valence-corrected chi connectivity index (χ2v) is 4.14. The summed E-state index contributed by atoms with van der Waals surface area (Å²) < 4.78 is 11.9. The highest BCUT2D eigenvalue weighted by Crippen LogP contribution is 2.08. The van der Waals surface area contributed by atoms with Gasteiger partial charge in [-0.15, -0.1) is 0 Å². The average Bonchev–Trinajstić information content (AvgIpc) is 3.03. The number of nitrogens with zero attached hydrogens (tertiary/aromatic N) is 2. The number of nitrogens with one attached hydrogen (secondary N) is 1. The molecule has 6 nitrogen and oxygen atoms in total. The summed E-state index contributed by atoms with van der Waals surface area (Å²) in [6.07, 6.45) is 4.54. The van der Waals surface area contributed by atoms with Gasteiger partial charge in [-0.05, 0) is 12.1 Å². The monoisotopic (exact) mass is 263 g/mol. The quantitative estimate of drug-likeness (QED) is 0.625. The van der Waals surface area contributed by atoms with Gasteiger partial charge in [0.25, 0.3) is 0 Å². The minimum absolute atomic E-state index is 0.225. The van der Waals surface area contributed by atoms with E-state index >= 15 is 0 Å². The fraction of sp³-hybridized carbons (Fsp3) is 0.385. The minimum atomic E-state index is -0.459. The molecule has 0 aliphatic carbocycles. The zero-order valence-electron chi connectivity index (χ0n) is 11.0. The van der Waals surface area contributed by atoms with Crippen molar-refractivity contribution in [3.05, 3.63) is 41.9 Å². The maximum atomic E-state index is 11.2. The molecule has 0 radical (unpaired) electrons. The number of rotatable bonds is 6. The molecule has 2 aromatic heterocycles. The Morgan fingerprint density at radius 3 is 3.05 bits per heavy atom. The summed E-state index contributed by atoms with van der Waals surface area (Å²) in [7, 11) is 3.30. The van der Waals surface area contributed by atoms with E-state index in [2.05, 4.69) is 15.0 Å². The van der Waals surface area contributed by atoms with Crippen LogP contribution in [0.5, 0.6) is 0 Å². The molecule has 0 atom stereocenters. The summed E-state index contributed by atoms with van der Waals surface area (Å²) in [5.41, 5.74) is 0. The highest BCUT2D eigenvalue weighted by Gasteiger charge is 2.10. The van der Waals surface area contributed by atoms with E-state index in [-0.39, 0.29) is 5.76 Å². The van der Waals surface area contributed by atoms with Crippen molar-refractivity contribution in [3.63, 3.8) is 0 Å². The molecule has 102 valence electrons. The van der Waals surface area contributed by atoms with Gasteiger partial charge in [-0.25, -0.2) is 9.78 Å². The molecule has 0 bridgehead atoms. The number of ether oxygens (including phenoxy) is 1. The number of carbonyl (C=O) groups is 1. The van der Waals surface area contributed by atoms with Crippen LogP contribution in [0.1, 0.15) is 22.1 Å². The van der Waals surface area contributed by atoms with Crippen LogP contribution in [-0.4, -0.2) is 29.2 Å². The molecule has 0 amide bonds. The molecule has 0 saturated carbocycles. The van der Waals surface area contributed by atoms with Crippen LogP contribution in [0.2, 0.25) is 0 Å². The van der Waals surface area contributed by atoms with Crippen LogP contribution >= 0.6 is 0 Å². The van der Waals surface area contributed by atoms with Crippen molar-refractivity contribution in [1.82, 2.24) is 14.9 Å². The van der Waals surface area contributed by atoms with Gasteiger partial charge in [0.2, 0.25) is 5.76 Å². The number of furan rings is 1. The van der Waals surface area contributed by atoms with Crippen molar-refractivity contribution in [2.75, 3.05) is 13.7 Å². The lowest BCUT2D eigenvalue weighted by atomic mass is 10.3. The topological polar surface area (TPSA) is 69.3 Å². The summed E-state index contributed by atoms with van der Waals surface area (Å²) in [6.45, 7) is 1.36. The molecule has 1 N–H and O–H groups in total. The van der Waals surface area contributed by atoms with Gasteiger partial charge in [-0.1, -0.05) is 0 Å². The number of hydrogen-bond acceptors (Lipinski definition) is 5. The molecule has 0 saturated heterocycles. The Bertz CT molecular complexity index is 545. The molecule has 2 rings (SSSR count). The number of aryl methyl sites for hydroxylation is 1. The van der Waals surface area contributed by atoms with Crippen LogP contribution in [0, 0.1) is 0 Å². The van der Waals surface area contributed by atoms with Gasteiger partial charge in [-0.3, -0.25) is 0 Å². The second kappa shape index (κ2) is 6.19. The number of imidazole rings is 1. The first kappa shape index (κ1) is 13.4. The average molecular weight is 263 g/mol. The zero-order valence-corrected chi connectivity index (χ0v) is 11.0. The SMILES string of the molecule is COC(=O)c1ccc(CNCCc2nccn2C)o1. The first-order valence-corrected chi connectivity index (χ1v) is 6.04. The van der Waals surface area contributed by atoms with Crippen molar-refractivity contribution in [1.29, 1.82) is 0 Å². The van der Waals surface area contributed by atoms with Gasteiger partial charge in [-0.2, -0.15) is 0 Å². The van der Waals surface area contributed by atoms with Crippen molar-refractivity contribution < 1.29 is 13.9 Å². The van der Waals surface area contributed by atoms with E-state index in [1.165, 1.54) is 7.11 Å². The standard InChI is InChI=1S/C13H17N3O3/c1-16-8-7-15-12(16)5-6-14-9-10-3-4-11(19-10)13(17)18-2/h3-4,7-8,14H,5-6,9H2,1-2H3. The van der Waals surface area contributed by atoms with Crippen molar-refractivity contribution in [2.45, 2.75) is 13.0 Å². The van der Waals surface area contributed by atoms with E-state index in [9.17, 15) is 4.79 Å². The number of methoxy groups -OCH3 is 1. The van der Waals surface area contributed by atoms with Gasteiger partial charge in [0.1, 0.15) is 11.6 Å². The lowest BCUT2D eigenvalue weighted by molar-refractivity contribution is 0.0563. The number of hydrogen-bond donors (Lipinski definition) is 1. The molecule has 2 heterocycles. The summed E-state index contributed by atoms with van der Waals surface area (Å²) in [4.78, 5) is 15.4. The fourth-order valence-corrected chi connectivity index (χ4v) is 1.73. The molecular formula is C13H17N3O3. The molecule has 0 unspecified atom stereocenters. The minimum Gasteiger partial charge on any atom is -0.463 e. The molecule has 0 aliphatic heterocycles. The van der Waals surface area contributed by atoms with Gasteiger partial charge in [0.05, 0.1) is 13.7 Å².